The molecule has 2 nitrogen and oxygen atoms in total. The second-order valence-electron chi connectivity index (χ2n) is 7.87. The van der Waals surface area contributed by atoms with Crippen molar-refractivity contribution in [2.75, 3.05) is 0 Å². The van der Waals surface area contributed by atoms with E-state index in [1.807, 2.05) is 24.3 Å². The number of hydrogen-bond acceptors (Lipinski definition) is 6. The summed E-state index contributed by atoms with van der Waals surface area (Å²) >= 11 is 6.98. The fourth-order valence-electron chi connectivity index (χ4n) is 3.56. The quantitative estimate of drug-likeness (QED) is 0.192. The molecular weight excluding hydrogens is 521 g/mol. The molecule has 0 N–H and O–H groups in total. The minimum atomic E-state index is 0.755. The van der Waals surface area contributed by atoms with Gasteiger partial charge in [0.15, 0.2) is 11.2 Å². The predicted molar refractivity (Wildman–Crippen MR) is 161 cm³/mol. The van der Waals surface area contributed by atoms with Crippen molar-refractivity contribution in [1.29, 1.82) is 0 Å². The first-order valence-electron chi connectivity index (χ1n) is 11.3. The monoisotopic (exact) mass is 540 g/mol. The van der Waals surface area contributed by atoms with Crippen LogP contribution in [-0.2, 0) is 0 Å². The van der Waals surface area contributed by atoms with Gasteiger partial charge in [-0.05, 0) is 95.8 Å². The van der Waals surface area contributed by atoms with E-state index in [-0.39, 0.29) is 0 Å². The molecule has 6 rings (SSSR count). The normalized spacial score (nSPS) is 12.6. The lowest BCUT2D eigenvalue weighted by molar-refractivity contribution is 0.599. The fourth-order valence-corrected chi connectivity index (χ4v) is 6.43. The summed E-state index contributed by atoms with van der Waals surface area (Å²) in [7, 11) is 0. The molecule has 0 bridgehead atoms. The molecule has 6 heteroatoms. The molecule has 0 spiro atoms. The molecule has 176 valence electrons. The van der Waals surface area contributed by atoms with Gasteiger partial charge < -0.3 is 8.83 Å². The van der Waals surface area contributed by atoms with E-state index < -0.39 is 0 Å². The van der Waals surface area contributed by atoms with Crippen LogP contribution in [0, 0.1) is 0 Å². The molecule has 0 radical (unpaired) electrons. The van der Waals surface area contributed by atoms with Crippen LogP contribution >= 0.6 is 45.3 Å². The maximum atomic E-state index is 5.97. The van der Waals surface area contributed by atoms with E-state index in [4.69, 9.17) is 8.83 Å². The number of thiophene rings is 4. The van der Waals surface area contributed by atoms with E-state index in [0.717, 1.165) is 22.7 Å². The van der Waals surface area contributed by atoms with Crippen LogP contribution < -0.4 is 0 Å². The molecule has 6 aromatic heterocycles. The van der Waals surface area contributed by atoms with Crippen LogP contribution in [0.15, 0.2) is 80.3 Å². The van der Waals surface area contributed by atoms with E-state index in [2.05, 4.69) is 95.7 Å². The first-order chi connectivity index (χ1) is 17.8. The van der Waals surface area contributed by atoms with Crippen LogP contribution in [0.2, 0.25) is 0 Å². The van der Waals surface area contributed by atoms with E-state index in [1.54, 1.807) is 45.3 Å². The Kier molecular flexibility index (Phi) is 6.83. The van der Waals surface area contributed by atoms with Crippen LogP contribution in [0.4, 0.5) is 0 Å². The van der Waals surface area contributed by atoms with Gasteiger partial charge in [0, 0.05) is 41.4 Å². The Morgan fingerprint density at radius 3 is 1.22 bits per heavy atom. The predicted octanol–water partition coefficient (Wildman–Crippen LogP) is 11.0. The molecule has 0 atom stereocenters. The zero-order valence-electron chi connectivity index (χ0n) is 19.0. The van der Waals surface area contributed by atoms with Crippen molar-refractivity contribution >= 4 is 105 Å². The maximum absolute atomic E-state index is 5.97. The molecule has 0 aromatic carbocycles. The lowest BCUT2D eigenvalue weighted by atomic mass is 10.3. The molecule has 6 heterocycles. The minimum Gasteiger partial charge on any atom is -0.453 e. The summed E-state index contributed by atoms with van der Waals surface area (Å²) in [6.07, 6.45) is 16.7. The molecule has 0 saturated carbocycles. The standard InChI is InChI=1S/C30H20O2S4/c1-3-23(33-17-1)9-11-27-15-13-25(35-27)7-5-21-19-29-30(31-21)20-22(32-29)6-8-26-14-16-28(36-26)12-10-24-4-2-18-34-24/h1-20H/b7-5+,8-6+,11-9+,12-10+. The molecule has 0 saturated heterocycles. The summed E-state index contributed by atoms with van der Waals surface area (Å²) in [4.78, 5) is 7.33. The molecule has 0 amide bonds. The molecule has 36 heavy (non-hydrogen) atoms. The van der Waals surface area contributed by atoms with Gasteiger partial charge in [-0.1, -0.05) is 12.1 Å². The van der Waals surface area contributed by atoms with Crippen LogP contribution in [-0.4, -0.2) is 0 Å². The van der Waals surface area contributed by atoms with Gasteiger partial charge in [-0.3, -0.25) is 0 Å². The van der Waals surface area contributed by atoms with Gasteiger partial charge in [-0.2, -0.15) is 0 Å². The topological polar surface area (TPSA) is 26.3 Å². The third-order valence-electron chi connectivity index (χ3n) is 5.27. The Labute approximate surface area is 225 Å². The van der Waals surface area contributed by atoms with Crippen LogP contribution in [0.1, 0.15) is 40.8 Å². The summed E-state index contributed by atoms with van der Waals surface area (Å²) in [6.45, 7) is 0. The Balaban J connectivity index is 1.08. The first-order valence-corrected chi connectivity index (χ1v) is 14.7. The molecule has 0 aliphatic carbocycles. The minimum absolute atomic E-state index is 0.755. The Morgan fingerprint density at radius 2 is 0.833 bits per heavy atom. The van der Waals surface area contributed by atoms with E-state index in [1.165, 1.54) is 29.3 Å². The molecule has 0 aliphatic rings. The van der Waals surface area contributed by atoms with Crippen molar-refractivity contribution in [1.82, 2.24) is 0 Å². The van der Waals surface area contributed by atoms with Crippen molar-refractivity contribution in [2.45, 2.75) is 0 Å². The highest BCUT2D eigenvalue weighted by Gasteiger charge is 2.08. The number of rotatable bonds is 8. The Bertz CT molecular complexity index is 1520. The van der Waals surface area contributed by atoms with E-state index in [9.17, 15) is 0 Å². The van der Waals surface area contributed by atoms with Crippen molar-refractivity contribution in [3.05, 3.63) is 112 Å². The fraction of sp³-hybridized carbons (Fsp3) is 0. The van der Waals surface area contributed by atoms with Crippen LogP contribution in [0.5, 0.6) is 0 Å². The molecular formula is C30H20O2S4. The van der Waals surface area contributed by atoms with E-state index in [0.29, 0.717) is 0 Å². The zero-order chi connectivity index (χ0) is 24.2. The van der Waals surface area contributed by atoms with Gasteiger partial charge in [-0.15, -0.1) is 45.3 Å². The largest absolute Gasteiger partial charge is 0.453 e. The summed E-state index contributed by atoms with van der Waals surface area (Å²) in [5.41, 5.74) is 1.51. The summed E-state index contributed by atoms with van der Waals surface area (Å²) in [5, 5.41) is 4.18. The average Bonchev–Trinajstić information content (AvgIpc) is 3.71. The van der Waals surface area contributed by atoms with Crippen LogP contribution in [0.3, 0.4) is 0 Å². The average molecular weight is 541 g/mol. The maximum Gasteiger partial charge on any atom is 0.173 e. The van der Waals surface area contributed by atoms with Gasteiger partial charge in [0.05, 0.1) is 0 Å². The van der Waals surface area contributed by atoms with Crippen LogP contribution in [0.25, 0.3) is 59.8 Å². The summed E-state index contributed by atoms with van der Waals surface area (Å²) in [6, 6.07) is 20.8. The number of fused-ring (bicyclic) bond motifs is 1. The lowest BCUT2D eigenvalue weighted by Gasteiger charge is -1.87. The SMILES string of the molecule is C(=C\c1ccc(/C=C/c2cccs2)s1)/c1cc2oc(/C=C/c3ccc(/C=C/c4cccs4)s3)cc2o1. The van der Waals surface area contributed by atoms with Gasteiger partial charge in [0.1, 0.15) is 11.5 Å². The molecule has 0 aliphatic heterocycles. The molecule has 0 fully saturated rings. The van der Waals surface area contributed by atoms with Gasteiger partial charge in [-0.25, -0.2) is 0 Å². The first kappa shape index (κ1) is 23.0. The summed E-state index contributed by atoms with van der Waals surface area (Å²) in [5.74, 6) is 1.56. The zero-order valence-corrected chi connectivity index (χ0v) is 22.3. The lowest BCUT2D eigenvalue weighted by Crippen LogP contribution is -1.63. The number of hydrogen-bond donors (Lipinski definition) is 0. The van der Waals surface area contributed by atoms with Gasteiger partial charge in [0.25, 0.3) is 0 Å². The highest BCUT2D eigenvalue weighted by atomic mass is 32.1. The van der Waals surface area contributed by atoms with Crippen molar-refractivity contribution in [3.63, 3.8) is 0 Å². The third kappa shape index (κ3) is 5.69. The van der Waals surface area contributed by atoms with Gasteiger partial charge in [0.2, 0.25) is 0 Å². The van der Waals surface area contributed by atoms with Gasteiger partial charge >= 0.3 is 0 Å². The molecule has 6 aromatic rings. The summed E-state index contributed by atoms with van der Waals surface area (Å²) < 4.78 is 11.9. The van der Waals surface area contributed by atoms with Crippen molar-refractivity contribution in [3.8, 4) is 0 Å². The smallest absolute Gasteiger partial charge is 0.173 e. The Hall–Kier alpha value is -3.42. The third-order valence-corrected chi connectivity index (χ3v) is 8.98. The second-order valence-corrected chi connectivity index (χ2v) is 12.1. The Morgan fingerprint density at radius 1 is 0.444 bits per heavy atom. The molecule has 0 unspecified atom stereocenters. The second kappa shape index (κ2) is 10.7. The highest BCUT2D eigenvalue weighted by molar-refractivity contribution is 7.14. The van der Waals surface area contributed by atoms with E-state index >= 15 is 0 Å². The van der Waals surface area contributed by atoms with Crippen molar-refractivity contribution < 1.29 is 8.83 Å². The number of furan rings is 2. The van der Waals surface area contributed by atoms with Crippen molar-refractivity contribution in [2.24, 2.45) is 0 Å². The highest BCUT2D eigenvalue weighted by Crippen LogP contribution is 2.28.